The summed E-state index contributed by atoms with van der Waals surface area (Å²) in [5.74, 6) is 0. The molecule has 0 atom stereocenters. The lowest BCUT2D eigenvalue weighted by molar-refractivity contribution is -0.385. The molecule has 0 N–H and O–H groups in total. The van der Waals surface area contributed by atoms with E-state index in [1.807, 2.05) is 0 Å². The Morgan fingerprint density at radius 3 is 2.62 bits per heavy atom. The molecule has 0 unspecified atom stereocenters. The van der Waals surface area contributed by atoms with Crippen LogP contribution in [0.4, 0.5) is 5.69 Å². The second-order valence-corrected chi connectivity index (χ2v) is 3.33. The summed E-state index contributed by atoms with van der Waals surface area (Å²) in [5, 5.41) is 10.5. The maximum atomic E-state index is 10.6. The summed E-state index contributed by atoms with van der Waals surface area (Å²) in [6, 6.07) is 2.86. The molecule has 0 fully saturated rings. The van der Waals surface area contributed by atoms with Crippen LogP contribution in [0.1, 0.15) is 15.9 Å². The molecule has 68 valence electrons. The van der Waals surface area contributed by atoms with Gasteiger partial charge in [-0.25, -0.2) is 0 Å². The quantitative estimate of drug-likeness (QED) is 0.456. The number of nitro groups is 1. The highest BCUT2D eigenvalue weighted by molar-refractivity contribution is 9.10. The number of halogens is 1. The zero-order valence-corrected chi connectivity index (χ0v) is 8.37. The van der Waals surface area contributed by atoms with Crippen LogP contribution in [-0.2, 0) is 0 Å². The molecule has 1 aromatic carbocycles. The van der Waals surface area contributed by atoms with Crippen LogP contribution in [0.2, 0.25) is 0 Å². The van der Waals surface area contributed by atoms with Gasteiger partial charge in [0.1, 0.15) is 0 Å². The summed E-state index contributed by atoms with van der Waals surface area (Å²) in [6.45, 7) is 1.65. The van der Waals surface area contributed by atoms with Gasteiger partial charge in [-0.2, -0.15) is 0 Å². The van der Waals surface area contributed by atoms with E-state index in [0.29, 0.717) is 16.3 Å². The van der Waals surface area contributed by atoms with Gasteiger partial charge in [-0.05, 0) is 18.6 Å². The molecule has 1 rings (SSSR count). The van der Waals surface area contributed by atoms with E-state index in [1.165, 1.54) is 6.07 Å². The number of aldehydes is 1. The van der Waals surface area contributed by atoms with Gasteiger partial charge in [0.15, 0.2) is 6.29 Å². The minimum absolute atomic E-state index is 0.124. The molecule has 0 aliphatic carbocycles. The monoisotopic (exact) mass is 243 g/mol. The Labute approximate surface area is 82.8 Å². The molecule has 0 aliphatic heterocycles. The Morgan fingerprint density at radius 2 is 2.15 bits per heavy atom. The third-order valence-electron chi connectivity index (χ3n) is 1.74. The lowest BCUT2D eigenvalue weighted by Crippen LogP contribution is -1.97. The highest BCUT2D eigenvalue weighted by Gasteiger charge is 2.16. The molecule has 0 saturated heterocycles. The Kier molecular flexibility index (Phi) is 2.77. The second-order valence-electron chi connectivity index (χ2n) is 2.48. The summed E-state index contributed by atoms with van der Waals surface area (Å²) in [4.78, 5) is 20.5. The van der Waals surface area contributed by atoms with Crippen LogP contribution in [0.3, 0.4) is 0 Å². The Hall–Kier alpha value is -1.23. The maximum Gasteiger partial charge on any atom is 0.280 e. The van der Waals surface area contributed by atoms with Gasteiger partial charge in [-0.1, -0.05) is 15.9 Å². The minimum atomic E-state index is -0.566. The fraction of sp³-hybridized carbons (Fsp3) is 0.125. The van der Waals surface area contributed by atoms with E-state index >= 15 is 0 Å². The number of carbonyl (C=O) groups is 1. The van der Waals surface area contributed by atoms with E-state index in [1.54, 1.807) is 13.0 Å². The van der Waals surface area contributed by atoms with Gasteiger partial charge >= 0.3 is 0 Å². The number of carbonyl (C=O) groups excluding carboxylic acids is 1. The first-order valence-electron chi connectivity index (χ1n) is 3.46. The molecule has 0 aliphatic rings. The van der Waals surface area contributed by atoms with Crippen molar-refractivity contribution in [1.82, 2.24) is 0 Å². The molecule has 13 heavy (non-hydrogen) atoms. The fourth-order valence-corrected chi connectivity index (χ4v) is 1.34. The van der Waals surface area contributed by atoms with Gasteiger partial charge < -0.3 is 0 Å². The molecule has 0 heterocycles. The van der Waals surface area contributed by atoms with Gasteiger partial charge in [0.05, 0.1) is 10.5 Å². The number of benzene rings is 1. The Morgan fingerprint density at radius 1 is 1.54 bits per heavy atom. The van der Waals surface area contributed by atoms with Crippen molar-refractivity contribution < 1.29 is 9.72 Å². The van der Waals surface area contributed by atoms with E-state index in [2.05, 4.69) is 15.9 Å². The van der Waals surface area contributed by atoms with Crippen LogP contribution in [0, 0.1) is 17.0 Å². The van der Waals surface area contributed by atoms with Crippen molar-refractivity contribution in [1.29, 1.82) is 0 Å². The lowest BCUT2D eigenvalue weighted by Gasteiger charge is -2.01. The van der Waals surface area contributed by atoms with Crippen molar-refractivity contribution >= 4 is 27.9 Å². The molecule has 1 aromatic rings. The average Bonchev–Trinajstić information content (AvgIpc) is 2.09. The summed E-state index contributed by atoms with van der Waals surface area (Å²) in [5.41, 5.74) is 0.555. The van der Waals surface area contributed by atoms with Crippen LogP contribution in [0.5, 0.6) is 0 Å². The van der Waals surface area contributed by atoms with Crippen LogP contribution in [0.15, 0.2) is 16.6 Å². The second kappa shape index (κ2) is 3.66. The van der Waals surface area contributed by atoms with Crippen molar-refractivity contribution in [2.24, 2.45) is 0 Å². The first-order valence-corrected chi connectivity index (χ1v) is 4.26. The first kappa shape index (κ1) is 9.85. The lowest BCUT2D eigenvalue weighted by atomic mass is 10.1. The average molecular weight is 244 g/mol. The molecule has 0 radical (unpaired) electrons. The van der Waals surface area contributed by atoms with Crippen molar-refractivity contribution in [3.8, 4) is 0 Å². The zero-order valence-electron chi connectivity index (χ0n) is 6.78. The van der Waals surface area contributed by atoms with Crippen molar-refractivity contribution in [3.05, 3.63) is 37.8 Å². The van der Waals surface area contributed by atoms with Gasteiger partial charge in [-0.3, -0.25) is 14.9 Å². The smallest absolute Gasteiger partial charge is 0.280 e. The van der Waals surface area contributed by atoms with Crippen molar-refractivity contribution in [2.45, 2.75) is 6.92 Å². The van der Waals surface area contributed by atoms with Gasteiger partial charge in [-0.15, -0.1) is 0 Å². The van der Waals surface area contributed by atoms with E-state index < -0.39 is 4.92 Å². The van der Waals surface area contributed by atoms with Gasteiger partial charge in [0.2, 0.25) is 0 Å². The molecular weight excluding hydrogens is 238 g/mol. The SMILES string of the molecule is Cc1c(Br)ccc([N+](=O)[O-])c1C=O. The third-order valence-corrected chi connectivity index (χ3v) is 2.60. The largest absolute Gasteiger partial charge is 0.298 e. The van der Waals surface area contributed by atoms with Crippen LogP contribution < -0.4 is 0 Å². The third kappa shape index (κ3) is 1.75. The van der Waals surface area contributed by atoms with Crippen molar-refractivity contribution in [2.75, 3.05) is 0 Å². The standard InChI is InChI=1S/C8H6BrNO3/c1-5-6(4-11)8(10(12)13)3-2-7(5)9/h2-4H,1H3. The summed E-state index contributed by atoms with van der Waals surface area (Å²) >= 11 is 3.19. The van der Waals surface area contributed by atoms with Crippen LogP contribution in [0.25, 0.3) is 0 Å². The van der Waals surface area contributed by atoms with Crippen molar-refractivity contribution in [3.63, 3.8) is 0 Å². The molecule has 0 aromatic heterocycles. The summed E-state index contributed by atoms with van der Waals surface area (Å²) in [6.07, 6.45) is 0.498. The highest BCUT2D eigenvalue weighted by atomic mass is 79.9. The number of nitrogens with zero attached hydrogens (tertiary/aromatic N) is 1. The number of rotatable bonds is 2. The molecule has 0 bridgehead atoms. The highest BCUT2D eigenvalue weighted by Crippen LogP contribution is 2.26. The number of hydrogen-bond acceptors (Lipinski definition) is 3. The van der Waals surface area contributed by atoms with E-state index in [4.69, 9.17) is 0 Å². The molecule has 0 spiro atoms. The summed E-state index contributed by atoms with van der Waals surface area (Å²) in [7, 11) is 0. The normalized spacial score (nSPS) is 9.69. The Bertz CT molecular complexity index is 376. The van der Waals surface area contributed by atoms with E-state index in [0.717, 1.165) is 0 Å². The fourth-order valence-electron chi connectivity index (χ4n) is 0.996. The summed E-state index contributed by atoms with van der Waals surface area (Å²) < 4.78 is 0.695. The number of nitro benzene ring substituents is 1. The Balaban J connectivity index is 3.47. The minimum Gasteiger partial charge on any atom is -0.298 e. The van der Waals surface area contributed by atoms with Crippen LogP contribution >= 0.6 is 15.9 Å². The van der Waals surface area contributed by atoms with E-state index in [-0.39, 0.29) is 11.3 Å². The van der Waals surface area contributed by atoms with Gasteiger partial charge in [0.25, 0.3) is 5.69 Å². The first-order chi connectivity index (χ1) is 6.07. The maximum absolute atomic E-state index is 10.6. The zero-order chi connectivity index (χ0) is 10.0. The predicted molar refractivity (Wildman–Crippen MR) is 50.9 cm³/mol. The van der Waals surface area contributed by atoms with E-state index in [9.17, 15) is 14.9 Å². The molecule has 0 saturated carbocycles. The molecule has 0 amide bonds. The topological polar surface area (TPSA) is 60.2 Å². The predicted octanol–water partition coefficient (Wildman–Crippen LogP) is 2.48. The number of hydrogen-bond donors (Lipinski definition) is 0. The van der Waals surface area contributed by atoms with Crippen LogP contribution in [-0.4, -0.2) is 11.2 Å². The molecule has 4 nitrogen and oxygen atoms in total. The molecular formula is C8H6BrNO3. The van der Waals surface area contributed by atoms with Gasteiger partial charge in [0, 0.05) is 10.5 Å². The molecule has 5 heteroatoms.